The molecular weight excluding hydrogens is 352 g/mol. The second kappa shape index (κ2) is 7.40. The SMILES string of the molecule is NC(=O)c1ccsc1NC(=O)COC(=O)c1ccc([N+](=O)[O-])cc1N. The molecular formula is C14H12N4O6S. The molecule has 0 saturated carbocycles. The summed E-state index contributed by atoms with van der Waals surface area (Å²) in [5, 5.41) is 14.8. The van der Waals surface area contributed by atoms with Gasteiger partial charge in [0.1, 0.15) is 5.00 Å². The quantitative estimate of drug-likeness (QED) is 0.299. The fraction of sp³-hybridized carbons (Fsp3) is 0.0714. The summed E-state index contributed by atoms with van der Waals surface area (Å²) in [7, 11) is 0. The van der Waals surface area contributed by atoms with Crippen molar-refractivity contribution in [3.8, 4) is 0 Å². The van der Waals surface area contributed by atoms with Gasteiger partial charge in [0.05, 0.1) is 21.7 Å². The van der Waals surface area contributed by atoms with Crippen LogP contribution < -0.4 is 16.8 Å². The molecule has 0 radical (unpaired) electrons. The number of carbonyl (C=O) groups excluding carboxylic acids is 3. The molecule has 0 atom stereocenters. The van der Waals surface area contributed by atoms with Gasteiger partial charge in [0.2, 0.25) is 0 Å². The summed E-state index contributed by atoms with van der Waals surface area (Å²) in [6.07, 6.45) is 0. The minimum absolute atomic E-state index is 0.104. The van der Waals surface area contributed by atoms with Crippen LogP contribution in [0.2, 0.25) is 0 Å². The molecule has 11 heteroatoms. The summed E-state index contributed by atoms with van der Waals surface area (Å²) < 4.78 is 4.81. The predicted octanol–water partition coefficient (Wildman–Crippen LogP) is 1.13. The molecule has 0 fully saturated rings. The van der Waals surface area contributed by atoms with E-state index in [1.807, 2.05) is 0 Å². The molecule has 0 saturated heterocycles. The average Bonchev–Trinajstić information content (AvgIpc) is 3.00. The second-order valence-corrected chi connectivity index (χ2v) is 5.60. The molecule has 2 amide bonds. The van der Waals surface area contributed by atoms with Gasteiger partial charge in [-0.15, -0.1) is 11.3 Å². The Balaban J connectivity index is 1.97. The van der Waals surface area contributed by atoms with Gasteiger partial charge in [-0.1, -0.05) is 0 Å². The van der Waals surface area contributed by atoms with Crippen molar-refractivity contribution in [3.05, 3.63) is 50.9 Å². The fourth-order valence-electron chi connectivity index (χ4n) is 1.82. The molecule has 1 aromatic carbocycles. The van der Waals surface area contributed by atoms with E-state index in [4.69, 9.17) is 16.2 Å². The number of nitro groups is 1. The van der Waals surface area contributed by atoms with Gasteiger partial charge in [-0.25, -0.2) is 4.79 Å². The monoisotopic (exact) mass is 364 g/mol. The number of hydrogen-bond acceptors (Lipinski definition) is 8. The van der Waals surface area contributed by atoms with Gasteiger partial charge in [0.15, 0.2) is 6.61 Å². The molecule has 0 bridgehead atoms. The van der Waals surface area contributed by atoms with Gasteiger partial charge in [-0.2, -0.15) is 0 Å². The summed E-state index contributed by atoms with van der Waals surface area (Å²) in [6.45, 7) is -0.634. The van der Waals surface area contributed by atoms with Crippen molar-refractivity contribution in [3.63, 3.8) is 0 Å². The molecule has 0 aliphatic heterocycles. The minimum Gasteiger partial charge on any atom is -0.452 e. The van der Waals surface area contributed by atoms with E-state index in [0.717, 1.165) is 29.5 Å². The molecule has 0 spiro atoms. The average molecular weight is 364 g/mol. The zero-order valence-corrected chi connectivity index (χ0v) is 13.4. The van der Waals surface area contributed by atoms with E-state index >= 15 is 0 Å². The highest BCUT2D eigenvalue weighted by molar-refractivity contribution is 7.14. The number of anilines is 2. The standard InChI is InChI=1S/C14H12N4O6S/c15-10-5-7(18(22)23)1-2-8(10)14(21)24-6-11(19)17-13-9(12(16)20)3-4-25-13/h1-5H,6,15H2,(H2,16,20)(H,17,19). The van der Waals surface area contributed by atoms with E-state index < -0.39 is 29.3 Å². The van der Waals surface area contributed by atoms with Crippen LogP contribution in [0, 0.1) is 10.1 Å². The van der Waals surface area contributed by atoms with E-state index in [1.54, 1.807) is 5.38 Å². The highest BCUT2D eigenvalue weighted by Gasteiger charge is 2.18. The van der Waals surface area contributed by atoms with Crippen molar-refractivity contribution in [2.24, 2.45) is 5.73 Å². The summed E-state index contributed by atoms with van der Waals surface area (Å²) >= 11 is 1.09. The molecule has 0 aliphatic rings. The van der Waals surface area contributed by atoms with E-state index in [2.05, 4.69) is 5.32 Å². The number of esters is 1. The molecule has 130 valence electrons. The van der Waals surface area contributed by atoms with E-state index in [9.17, 15) is 24.5 Å². The maximum atomic E-state index is 11.9. The number of nitrogens with zero attached hydrogens (tertiary/aromatic N) is 1. The third kappa shape index (κ3) is 4.29. The number of rotatable bonds is 6. The highest BCUT2D eigenvalue weighted by Crippen LogP contribution is 2.23. The Labute approximate surface area is 144 Å². The van der Waals surface area contributed by atoms with Gasteiger partial charge in [0.25, 0.3) is 17.5 Å². The Morgan fingerprint density at radius 1 is 1.24 bits per heavy atom. The highest BCUT2D eigenvalue weighted by atomic mass is 32.1. The first kappa shape index (κ1) is 17.9. The molecule has 2 rings (SSSR count). The summed E-state index contributed by atoms with van der Waals surface area (Å²) in [5.74, 6) is -2.30. The second-order valence-electron chi connectivity index (χ2n) is 4.68. The van der Waals surface area contributed by atoms with Crippen molar-refractivity contribution >= 4 is 45.5 Å². The minimum atomic E-state index is -0.913. The lowest BCUT2D eigenvalue weighted by atomic mass is 10.1. The van der Waals surface area contributed by atoms with Crippen LogP contribution in [0.5, 0.6) is 0 Å². The van der Waals surface area contributed by atoms with Crippen LogP contribution >= 0.6 is 11.3 Å². The Bertz CT molecular complexity index is 863. The number of thiophene rings is 1. The molecule has 1 aromatic heterocycles. The van der Waals surface area contributed by atoms with Gasteiger partial charge in [-0.3, -0.25) is 19.7 Å². The topological polar surface area (TPSA) is 168 Å². The molecule has 1 heterocycles. The number of hydrogen-bond donors (Lipinski definition) is 3. The van der Waals surface area contributed by atoms with Crippen LogP contribution in [0.1, 0.15) is 20.7 Å². The summed E-state index contributed by atoms with van der Waals surface area (Å²) in [4.78, 5) is 44.8. The number of amides is 2. The van der Waals surface area contributed by atoms with Gasteiger partial charge in [-0.05, 0) is 17.5 Å². The Hall–Kier alpha value is -3.47. The maximum absolute atomic E-state index is 11.9. The Morgan fingerprint density at radius 2 is 1.96 bits per heavy atom. The van der Waals surface area contributed by atoms with E-state index in [0.29, 0.717) is 0 Å². The normalized spacial score (nSPS) is 10.1. The lowest BCUT2D eigenvalue weighted by Crippen LogP contribution is -2.22. The lowest BCUT2D eigenvalue weighted by Gasteiger charge is -2.07. The number of carbonyl (C=O) groups is 3. The number of nitrogens with one attached hydrogen (secondary N) is 1. The van der Waals surface area contributed by atoms with Gasteiger partial charge < -0.3 is 21.5 Å². The number of ether oxygens (including phenoxy) is 1. The first-order valence-electron chi connectivity index (χ1n) is 6.67. The van der Waals surface area contributed by atoms with E-state index in [1.165, 1.54) is 6.07 Å². The summed E-state index contributed by atoms with van der Waals surface area (Å²) in [5.41, 5.74) is 10.3. The Morgan fingerprint density at radius 3 is 2.56 bits per heavy atom. The Kier molecular flexibility index (Phi) is 5.29. The van der Waals surface area contributed by atoms with Crippen LogP contribution in [0.4, 0.5) is 16.4 Å². The van der Waals surface area contributed by atoms with Crippen LogP contribution in [0.3, 0.4) is 0 Å². The smallest absolute Gasteiger partial charge is 0.340 e. The third-order valence-electron chi connectivity index (χ3n) is 2.98. The first-order valence-corrected chi connectivity index (χ1v) is 7.55. The fourth-order valence-corrected chi connectivity index (χ4v) is 2.63. The van der Waals surface area contributed by atoms with Crippen LogP contribution in [-0.4, -0.2) is 29.3 Å². The van der Waals surface area contributed by atoms with E-state index in [-0.39, 0.29) is 27.5 Å². The molecule has 5 N–H and O–H groups in total. The van der Waals surface area contributed by atoms with Gasteiger partial charge in [0, 0.05) is 12.1 Å². The number of nitrogens with two attached hydrogens (primary N) is 2. The lowest BCUT2D eigenvalue weighted by molar-refractivity contribution is -0.384. The largest absolute Gasteiger partial charge is 0.452 e. The van der Waals surface area contributed by atoms with Crippen molar-refractivity contribution in [1.82, 2.24) is 0 Å². The number of non-ortho nitro benzene ring substituents is 1. The number of primary amides is 1. The number of benzene rings is 1. The van der Waals surface area contributed by atoms with Crippen molar-refractivity contribution in [2.75, 3.05) is 17.7 Å². The zero-order valence-electron chi connectivity index (χ0n) is 12.6. The number of nitrogen functional groups attached to an aromatic ring is 1. The third-order valence-corrected chi connectivity index (χ3v) is 3.81. The number of nitro benzene ring substituents is 1. The zero-order chi connectivity index (χ0) is 18.6. The van der Waals surface area contributed by atoms with Crippen LogP contribution in [0.15, 0.2) is 29.6 Å². The van der Waals surface area contributed by atoms with Gasteiger partial charge >= 0.3 is 5.97 Å². The van der Waals surface area contributed by atoms with Crippen molar-refractivity contribution in [2.45, 2.75) is 0 Å². The van der Waals surface area contributed by atoms with Crippen molar-refractivity contribution in [1.29, 1.82) is 0 Å². The molecule has 25 heavy (non-hydrogen) atoms. The molecule has 10 nitrogen and oxygen atoms in total. The molecule has 0 aliphatic carbocycles. The first-order chi connectivity index (χ1) is 11.8. The predicted molar refractivity (Wildman–Crippen MR) is 89.3 cm³/mol. The summed E-state index contributed by atoms with van der Waals surface area (Å²) in [6, 6.07) is 4.70. The molecule has 0 unspecified atom stereocenters. The van der Waals surface area contributed by atoms with Crippen molar-refractivity contribution < 1.29 is 24.0 Å². The molecule has 2 aromatic rings. The van der Waals surface area contributed by atoms with Crippen LogP contribution in [-0.2, 0) is 9.53 Å². The maximum Gasteiger partial charge on any atom is 0.340 e. The van der Waals surface area contributed by atoms with Crippen LogP contribution in [0.25, 0.3) is 0 Å².